The molecular weight excluding hydrogens is 286 g/mol. The minimum absolute atomic E-state index is 0.291. The number of hydrogen-bond acceptors (Lipinski definition) is 5. The number of hydrogen-bond donors (Lipinski definition) is 0. The average molecular weight is 301 g/mol. The molecule has 108 valence electrons. The third kappa shape index (κ3) is 2.21. The molecule has 0 N–H and O–H groups in total. The highest BCUT2D eigenvalue weighted by atomic mass is 32.1. The topological polar surface area (TPSA) is 57.0 Å². The van der Waals surface area contributed by atoms with Gasteiger partial charge in [0, 0.05) is 11.4 Å². The minimum atomic E-state index is -0.291. The minimum Gasteiger partial charge on any atom is -0.462 e. The van der Waals surface area contributed by atoms with Gasteiger partial charge in [-0.15, -0.1) is 0 Å². The SMILES string of the molecule is CCOC(=O)c1cc(C)n(-c2cccc3nsnc23)c1C. The number of fused-ring (bicyclic) bond motifs is 1. The van der Waals surface area contributed by atoms with E-state index < -0.39 is 0 Å². The van der Waals surface area contributed by atoms with Crippen molar-refractivity contribution in [2.75, 3.05) is 6.61 Å². The Morgan fingerprint density at radius 3 is 2.90 bits per heavy atom. The second-order valence-corrected chi connectivity index (χ2v) is 5.28. The molecule has 0 aliphatic heterocycles. The summed E-state index contributed by atoms with van der Waals surface area (Å²) in [5.74, 6) is -0.291. The largest absolute Gasteiger partial charge is 0.462 e. The molecule has 2 aromatic heterocycles. The molecule has 0 amide bonds. The van der Waals surface area contributed by atoms with Crippen LogP contribution in [0.25, 0.3) is 16.7 Å². The Morgan fingerprint density at radius 2 is 2.14 bits per heavy atom. The molecule has 0 aliphatic carbocycles. The van der Waals surface area contributed by atoms with Crippen molar-refractivity contribution in [1.29, 1.82) is 0 Å². The maximum absolute atomic E-state index is 12.0. The van der Waals surface area contributed by atoms with Crippen LogP contribution in [-0.2, 0) is 4.74 Å². The van der Waals surface area contributed by atoms with Gasteiger partial charge in [0.15, 0.2) is 0 Å². The molecule has 0 atom stereocenters. The molecule has 2 heterocycles. The summed E-state index contributed by atoms with van der Waals surface area (Å²) in [6.07, 6.45) is 0. The lowest BCUT2D eigenvalue weighted by Gasteiger charge is -2.10. The second kappa shape index (κ2) is 5.29. The summed E-state index contributed by atoms with van der Waals surface area (Å²) in [5, 5.41) is 0. The van der Waals surface area contributed by atoms with E-state index in [0.717, 1.165) is 28.1 Å². The Hall–Kier alpha value is -2.21. The molecule has 0 spiro atoms. The lowest BCUT2D eigenvalue weighted by molar-refractivity contribution is 0.0525. The molecule has 6 heteroatoms. The first-order valence-electron chi connectivity index (χ1n) is 6.71. The number of aromatic nitrogens is 3. The molecule has 21 heavy (non-hydrogen) atoms. The van der Waals surface area contributed by atoms with E-state index in [1.807, 2.05) is 42.7 Å². The fourth-order valence-electron chi connectivity index (χ4n) is 2.52. The van der Waals surface area contributed by atoms with Gasteiger partial charge < -0.3 is 9.30 Å². The predicted molar refractivity (Wildman–Crippen MR) is 82.2 cm³/mol. The standard InChI is InChI=1S/C15H15N3O2S/c1-4-20-15(19)11-8-9(2)18(10(11)3)13-7-5-6-12-14(13)17-21-16-12/h5-8H,4H2,1-3H3. The highest BCUT2D eigenvalue weighted by Crippen LogP contribution is 2.26. The molecule has 0 aliphatic rings. The number of rotatable bonds is 3. The van der Waals surface area contributed by atoms with E-state index in [2.05, 4.69) is 8.75 Å². The summed E-state index contributed by atoms with van der Waals surface area (Å²) in [6.45, 7) is 6.05. The van der Waals surface area contributed by atoms with Crippen LogP contribution in [0.5, 0.6) is 0 Å². The van der Waals surface area contributed by atoms with Crippen molar-refractivity contribution in [2.24, 2.45) is 0 Å². The van der Waals surface area contributed by atoms with Crippen LogP contribution in [0.4, 0.5) is 0 Å². The first-order chi connectivity index (χ1) is 10.1. The number of carbonyl (C=O) groups excluding carboxylic acids is 1. The maximum Gasteiger partial charge on any atom is 0.339 e. The Bertz CT molecular complexity index is 820. The van der Waals surface area contributed by atoms with E-state index in [1.54, 1.807) is 6.92 Å². The normalized spacial score (nSPS) is 11.0. The maximum atomic E-state index is 12.0. The van der Waals surface area contributed by atoms with Crippen molar-refractivity contribution in [3.05, 3.63) is 41.2 Å². The Kier molecular flexibility index (Phi) is 3.47. The second-order valence-electron chi connectivity index (χ2n) is 4.75. The fourth-order valence-corrected chi connectivity index (χ4v) is 3.07. The van der Waals surface area contributed by atoms with Gasteiger partial charge >= 0.3 is 5.97 Å². The third-order valence-electron chi connectivity index (χ3n) is 3.43. The van der Waals surface area contributed by atoms with Gasteiger partial charge in [0.1, 0.15) is 11.0 Å². The van der Waals surface area contributed by atoms with Crippen LogP contribution in [0, 0.1) is 13.8 Å². The number of esters is 1. The molecule has 3 rings (SSSR count). The van der Waals surface area contributed by atoms with Crippen LogP contribution in [0.2, 0.25) is 0 Å². The van der Waals surface area contributed by atoms with Crippen molar-refractivity contribution in [3.8, 4) is 5.69 Å². The van der Waals surface area contributed by atoms with Gasteiger partial charge in [0.2, 0.25) is 0 Å². The smallest absolute Gasteiger partial charge is 0.339 e. The van der Waals surface area contributed by atoms with Crippen molar-refractivity contribution in [1.82, 2.24) is 13.3 Å². The van der Waals surface area contributed by atoms with Crippen LogP contribution >= 0.6 is 11.7 Å². The van der Waals surface area contributed by atoms with Crippen LogP contribution in [0.1, 0.15) is 28.7 Å². The monoisotopic (exact) mass is 301 g/mol. The van der Waals surface area contributed by atoms with Gasteiger partial charge in [0.25, 0.3) is 0 Å². The fraction of sp³-hybridized carbons (Fsp3) is 0.267. The first-order valence-corrected chi connectivity index (χ1v) is 7.44. The average Bonchev–Trinajstić information content (AvgIpc) is 3.04. The molecule has 1 aromatic carbocycles. The summed E-state index contributed by atoms with van der Waals surface area (Å²) < 4.78 is 15.8. The van der Waals surface area contributed by atoms with Crippen LogP contribution < -0.4 is 0 Å². The van der Waals surface area contributed by atoms with E-state index in [4.69, 9.17) is 4.74 Å². The number of aryl methyl sites for hydroxylation is 1. The number of nitrogens with zero attached hydrogens (tertiary/aromatic N) is 3. The van der Waals surface area contributed by atoms with Crippen LogP contribution in [0.15, 0.2) is 24.3 Å². The van der Waals surface area contributed by atoms with E-state index >= 15 is 0 Å². The molecule has 0 radical (unpaired) electrons. The highest BCUT2D eigenvalue weighted by Gasteiger charge is 2.19. The molecule has 0 unspecified atom stereocenters. The van der Waals surface area contributed by atoms with Gasteiger partial charge in [0.05, 0.1) is 29.6 Å². The molecule has 3 aromatic rings. The van der Waals surface area contributed by atoms with Crippen molar-refractivity contribution in [2.45, 2.75) is 20.8 Å². The molecule has 5 nitrogen and oxygen atoms in total. The van der Waals surface area contributed by atoms with Crippen molar-refractivity contribution < 1.29 is 9.53 Å². The first kappa shape index (κ1) is 13.8. The van der Waals surface area contributed by atoms with Crippen LogP contribution in [0.3, 0.4) is 0 Å². The zero-order valence-corrected chi connectivity index (χ0v) is 12.9. The summed E-state index contributed by atoms with van der Waals surface area (Å²) >= 11 is 1.19. The van der Waals surface area contributed by atoms with E-state index in [-0.39, 0.29) is 5.97 Å². The number of ether oxygens (including phenoxy) is 1. The van der Waals surface area contributed by atoms with Gasteiger partial charge in [-0.05, 0) is 39.0 Å². The summed E-state index contributed by atoms with van der Waals surface area (Å²) in [6, 6.07) is 7.72. The quantitative estimate of drug-likeness (QED) is 0.697. The third-order valence-corrected chi connectivity index (χ3v) is 3.97. The Balaban J connectivity index is 2.19. The van der Waals surface area contributed by atoms with E-state index in [9.17, 15) is 4.79 Å². The van der Waals surface area contributed by atoms with Crippen molar-refractivity contribution in [3.63, 3.8) is 0 Å². The Labute approximate surface area is 126 Å². The van der Waals surface area contributed by atoms with Crippen molar-refractivity contribution >= 4 is 28.7 Å². The highest BCUT2D eigenvalue weighted by molar-refractivity contribution is 7.00. The summed E-state index contributed by atoms with van der Waals surface area (Å²) in [7, 11) is 0. The number of benzene rings is 1. The van der Waals surface area contributed by atoms with Gasteiger partial charge in [-0.1, -0.05) is 6.07 Å². The van der Waals surface area contributed by atoms with E-state index in [1.165, 1.54) is 11.7 Å². The zero-order chi connectivity index (χ0) is 15.0. The zero-order valence-electron chi connectivity index (χ0n) is 12.1. The lowest BCUT2D eigenvalue weighted by atomic mass is 10.2. The predicted octanol–water partition coefficient (Wildman–Crippen LogP) is 3.28. The molecular formula is C15H15N3O2S. The lowest BCUT2D eigenvalue weighted by Crippen LogP contribution is -2.07. The van der Waals surface area contributed by atoms with E-state index in [0.29, 0.717) is 12.2 Å². The van der Waals surface area contributed by atoms with Gasteiger partial charge in [-0.3, -0.25) is 0 Å². The van der Waals surface area contributed by atoms with Gasteiger partial charge in [-0.25, -0.2) is 4.79 Å². The van der Waals surface area contributed by atoms with Crippen LogP contribution in [-0.4, -0.2) is 25.9 Å². The summed E-state index contributed by atoms with van der Waals surface area (Å²) in [5.41, 5.74) is 5.06. The number of carbonyl (C=O) groups is 1. The molecule has 0 saturated carbocycles. The Morgan fingerprint density at radius 1 is 1.33 bits per heavy atom. The molecule has 0 fully saturated rings. The molecule has 0 bridgehead atoms. The summed E-state index contributed by atoms with van der Waals surface area (Å²) in [4.78, 5) is 12.0. The molecule has 0 saturated heterocycles. The van der Waals surface area contributed by atoms with Gasteiger partial charge in [-0.2, -0.15) is 8.75 Å².